The number of carbonyl (C=O) groups is 2. The number of aromatic nitrogens is 1. The first-order chi connectivity index (χ1) is 9.00. The van der Waals surface area contributed by atoms with Crippen molar-refractivity contribution in [3.05, 3.63) is 35.7 Å². The van der Waals surface area contributed by atoms with Crippen LogP contribution in [0.2, 0.25) is 0 Å². The van der Waals surface area contributed by atoms with Crippen molar-refractivity contribution in [1.29, 1.82) is 0 Å². The molecule has 1 aromatic heterocycles. The van der Waals surface area contributed by atoms with Crippen LogP contribution in [0.3, 0.4) is 0 Å². The molecule has 100 valence electrons. The zero-order chi connectivity index (χ0) is 13.9. The first-order valence-electron chi connectivity index (χ1n) is 6.13. The Morgan fingerprint density at radius 1 is 1.53 bits per heavy atom. The van der Waals surface area contributed by atoms with Crippen LogP contribution in [0.4, 0.5) is 0 Å². The Morgan fingerprint density at radius 2 is 2.26 bits per heavy atom. The van der Waals surface area contributed by atoms with Gasteiger partial charge in [-0.3, -0.25) is 9.78 Å². The van der Waals surface area contributed by atoms with Crippen LogP contribution >= 0.6 is 0 Å². The van der Waals surface area contributed by atoms with Crippen molar-refractivity contribution >= 4 is 18.0 Å². The Hall–Kier alpha value is -2.17. The molecular formula is C14H16N2O3. The number of nitrogens with zero attached hydrogens (tertiary/aromatic N) is 1. The molecule has 0 bridgehead atoms. The maximum absolute atomic E-state index is 12.1. The average Bonchev–Trinajstić information content (AvgIpc) is 3.12. The molecule has 1 aliphatic carbocycles. The molecule has 1 heterocycles. The van der Waals surface area contributed by atoms with Gasteiger partial charge >= 0.3 is 5.97 Å². The molecule has 1 saturated carbocycles. The lowest BCUT2D eigenvalue weighted by Crippen LogP contribution is -2.29. The minimum Gasteiger partial charge on any atom is -0.478 e. The highest BCUT2D eigenvalue weighted by Crippen LogP contribution is 2.44. The molecule has 1 aromatic rings. The molecule has 5 nitrogen and oxygen atoms in total. The molecule has 0 aromatic carbocycles. The molecule has 2 rings (SSSR count). The quantitative estimate of drug-likeness (QED) is 0.790. The number of aliphatic carboxylic acids is 1. The predicted octanol–water partition coefficient (Wildman–Crippen LogP) is 1.71. The monoisotopic (exact) mass is 260 g/mol. The van der Waals surface area contributed by atoms with Gasteiger partial charge in [0.25, 0.3) is 5.91 Å². The number of carboxylic acids is 1. The van der Waals surface area contributed by atoms with Crippen LogP contribution in [0, 0.1) is 5.41 Å². The summed E-state index contributed by atoms with van der Waals surface area (Å²) in [5.41, 5.74) is 1.18. The van der Waals surface area contributed by atoms with E-state index < -0.39 is 5.97 Å². The maximum Gasteiger partial charge on any atom is 0.328 e. The topological polar surface area (TPSA) is 79.3 Å². The molecular weight excluding hydrogens is 244 g/mol. The van der Waals surface area contributed by atoms with Gasteiger partial charge in [0.15, 0.2) is 0 Å². The third kappa shape index (κ3) is 3.64. The Bertz CT molecular complexity index is 533. The normalized spacial score (nSPS) is 16.3. The van der Waals surface area contributed by atoms with E-state index in [2.05, 4.69) is 17.2 Å². The van der Waals surface area contributed by atoms with Crippen molar-refractivity contribution in [2.45, 2.75) is 19.8 Å². The van der Waals surface area contributed by atoms with Crippen molar-refractivity contribution < 1.29 is 14.7 Å². The number of nitrogens with one attached hydrogen (secondary N) is 1. The second-order valence-electron chi connectivity index (χ2n) is 5.13. The highest BCUT2D eigenvalue weighted by molar-refractivity contribution is 5.98. The van der Waals surface area contributed by atoms with E-state index in [4.69, 9.17) is 5.11 Å². The summed E-state index contributed by atoms with van der Waals surface area (Å²) in [6, 6.07) is 1.59. The first-order valence-corrected chi connectivity index (χ1v) is 6.13. The summed E-state index contributed by atoms with van der Waals surface area (Å²) < 4.78 is 0. The van der Waals surface area contributed by atoms with Gasteiger partial charge in [-0.1, -0.05) is 6.92 Å². The molecule has 0 aliphatic heterocycles. The highest BCUT2D eigenvalue weighted by atomic mass is 16.4. The molecule has 0 radical (unpaired) electrons. The Morgan fingerprint density at radius 3 is 2.89 bits per heavy atom. The van der Waals surface area contributed by atoms with Gasteiger partial charge in [0.2, 0.25) is 0 Å². The van der Waals surface area contributed by atoms with Crippen LogP contribution < -0.4 is 5.32 Å². The van der Waals surface area contributed by atoms with Gasteiger partial charge in [-0.2, -0.15) is 0 Å². The van der Waals surface area contributed by atoms with E-state index >= 15 is 0 Å². The van der Waals surface area contributed by atoms with Crippen molar-refractivity contribution in [3.8, 4) is 0 Å². The second kappa shape index (κ2) is 5.22. The maximum atomic E-state index is 12.1. The summed E-state index contributed by atoms with van der Waals surface area (Å²) >= 11 is 0. The van der Waals surface area contributed by atoms with Crippen LogP contribution in [-0.4, -0.2) is 28.5 Å². The lowest BCUT2D eigenvalue weighted by Gasteiger charge is -2.11. The number of amides is 1. The fraction of sp³-hybridized carbons (Fsp3) is 0.357. The molecule has 5 heteroatoms. The van der Waals surface area contributed by atoms with E-state index in [1.165, 1.54) is 18.5 Å². The molecule has 1 amide bonds. The fourth-order valence-corrected chi connectivity index (χ4v) is 1.69. The number of pyridine rings is 1. The minimum absolute atomic E-state index is 0.194. The Balaban J connectivity index is 2.09. The second-order valence-corrected chi connectivity index (χ2v) is 5.13. The lowest BCUT2D eigenvalue weighted by molar-refractivity contribution is -0.131. The number of hydrogen-bond donors (Lipinski definition) is 2. The standard InChI is InChI=1S/C14H16N2O3/c1-14(5-6-14)9-16-13(19)11-4-7-15-8-10(11)2-3-12(17)18/h2-4,7-8H,5-6,9H2,1H3,(H,16,19)(H,17,18)/b3-2+. The van der Waals surface area contributed by atoms with Crippen molar-refractivity contribution in [2.24, 2.45) is 5.41 Å². The van der Waals surface area contributed by atoms with Gasteiger partial charge in [0, 0.05) is 36.1 Å². The van der Waals surface area contributed by atoms with Crippen LogP contribution in [-0.2, 0) is 4.79 Å². The van der Waals surface area contributed by atoms with Crippen LogP contribution in [0.1, 0.15) is 35.7 Å². The number of carboxylic acid groups (broad SMARTS) is 1. The molecule has 1 aliphatic rings. The van der Waals surface area contributed by atoms with Crippen molar-refractivity contribution in [1.82, 2.24) is 10.3 Å². The Labute approximate surface area is 111 Å². The molecule has 0 unspecified atom stereocenters. The molecule has 19 heavy (non-hydrogen) atoms. The molecule has 0 spiro atoms. The van der Waals surface area contributed by atoms with E-state index in [1.54, 1.807) is 6.07 Å². The number of carbonyl (C=O) groups excluding carboxylic acids is 1. The Kier molecular flexibility index (Phi) is 3.64. The highest BCUT2D eigenvalue weighted by Gasteiger charge is 2.37. The van der Waals surface area contributed by atoms with Gasteiger partial charge in [-0.05, 0) is 30.4 Å². The van der Waals surface area contributed by atoms with Crippen molar-refractivity contribution in [3.63, 3.8) is 0 Å². The van der Waals surface area contributed by atoms with E-state index in [0.29, 0.717) is 17.7 Å². The third-order valence-electron chi connectivity index (χ3n) is 3.28. The molecule has 0 atom stereocenters. The summed E-state index contributed by atoms with van der Waals surface area (Å²) in [5, 5.41) is 11.5. The van der Waals surface area contributed by atoms with E-state index in [-0.39, 0.29) is 11.3 Å². The summed E-state index contributed by atoms with van der Waals surface area (Å²) in [7, 11) is 0. The first kappa shape index (κ1) is 13.3. The van der Waals surface area contributed by atoms with Gasteiger partial charge in [0.1, 0.15) is 0 Å². The van der Waals surface area contributed by atoms with Gasteiger partial charge in [-0.25, -0.2) is 4.79 Å². The van der Waals surface area contributed by atoms with Crippen LogP contribution in [0.15, 0.2) is 24.5 Å². The van der Waals surface area contributed by atoms with Gasteiger partial charge in [-0.15, -0.1) is 0 Å². The smallest absolute Gasteiger partial charge is 0.328 e. The number of rotatable bonds is 5. The summed E-state index contributed by atoms with van der Waals surface area (Å²) in [4.78, 5) is 26.5. The average molecular weight is 260 g/mol. The molecule has 2 N–H and O–H groups in total. The van der Waals surface area contributed by atoms with E-state index in [1.807, 2.05) is 0 Å². The van der Waals surface area contributed by atoms with Gasteiger partial charge in [0.05, 0.1) is 0 Å². The zero-order valence-electron chi connectivity index (χ0n) is 10.7. The number of hydrogen-bond acceptors (Lipinski definition) is 3. The molecule has 0 saturated heterocycles. The van der Waals surface area contributed by atoms with Crippen LogP contribution in [0.25, 0.3) is 6.08 Å². The lowest BCUT2D eigenvalue weighted by atomic mass is 10.1. The van der Waals surface area contributed by atoms with Gasteiger partial charge < -0.3 is 10.4 Å². The summed E-state index contributed by atoms with van der Waals surface area (Å²) in [6.07, 6.45) is 7.64. The largest absolute Gasteiger partial charge is 0.478 e. The third-order valence-corrected chi connectivity index (χ3v) is 3.28. The fourth-order valence-electron chi connectivity index (χ4n) is 1.69. The zero-order valence-corrected chi connectivity index (χ0v) is 10.7. The summed E-state index contributed by atoms with van der Waals surface area (Å²) in [5.74, 6) is -1.25. The van der Waals surface area contributed by atoms with E-state index in [0.717, 1.165) is 18.9 Å². The van der Waals surface area contributed by atoms with Crippen LogP contribution in [0.5, 0.6) is 0 Å². The SMILES string of the molecule is CC1(CNC(=O)c2ccncc2/C=C/C(=O)O)CC1. The van der Waals surface area contributed by atoms with Crippen molar-refractivity contribution in [2.75, 3.05) is 6.54 Å². The molecule has 1 fully saturated rings. The summed E-state index contributed by atoms with van der Waals surface area (Å²) in [6.45, 7) is 2.78. The minimum atomic E-state index is -1.05. The van der Waals surface area contributed by atoms with E-state index in [9.17, 15) is 9.59 Å². The predicted molar refractivity (Wildman–Crippen MR) is 70.6 cm³/mol.